The average molecular weight is 567 g/mol. The van der Waals surface area contributed by atoms with Crippen molar-refractivity contribution >= 4 is 24.3 Å². The first-order valence-electron chi connectivity index (χ1n) is 13.0. The molecular weight excluding hydrogens is 526 g/mol. The van der Waals surface area contributed by atoms with E-state index in [2.05, 4.69) is 35.0 Å². The number of benzene rings is 2. The molecule has 0 saturated carbocycles. The van der Waals surface area contributed by atoms with Crippen molar-refractivity contribution < 1.29 is 23.0 Å². The van der Waals surface area contributed by atoms with Gasteiger partial charge in [-0.05, 0) is 70.6 Å². The minimum atomic E-state index is -0.855. The summed E-state index contributed by atoms with van der Waals surface area (Å²) in [5, 5.41) is 0. The molecule has 39 heavy (non-hydrogen) atoms. The lowest BCUT2D eigenvalue weighted by Gasteiger charge is -2.26. The highest BCUT2D eigenvalue weighted by atomic mass is 35.5. The Labute approximate surface area is 237 Å². The van der Waals surface area contributed by atoms with E-state index in [1.807, 2.05) is 19.1 Å². The van der Waals surface area contributed by atoms with Crippen molar-refractivity contribution in [3.8, 4) is 11.5 Å². The molecule has 1 aliphatic rings. The second-order valence-electron chi connectivity index (χ2n) is 9.30. The second-order valence-corrected chi connectivity index (χ2v) is 9.30. The third-order valence-corrected chi connectivity index (χ3v) is 6.19. The molecule has 216 valence electrons. The summed E-state index contributed by atoms with van der Waals surface area (Å²) in [6, 6.07) is 12.3. The monoisotopic (exact) mass is 566 g/mol. The van der Waals surface area contributed by atoms with Gasteiger partial charge in [0.2, 0.25) is 5.91 Å². The zero-order valence-corrected chi connectivity index (χ0v) is 24.4. The topological polar surface area (TPSA) is 66.7 Å². The Hall–Kier alpha value is -3.00. The number of nitrogens with zero attached hydrogens (tertiary/aromatic N) is 4. The van der Waals surface area contributed by atoms with Gasteiger partial charge in [-0.2, -0.15) is 0 Å². The quantitative estimate of drug-likeness (QED) is 0.268. The molecule has 1 heterocycles. The Morgan fingerprint density at radius 3 is 2.56 bits per heavy atom. The molecule has 10 heteroatoms. The Morgan fingerprint density at radius 1 is 1.13 bits per heavy atom. The number of carbonyl (C=O) groups is 1. The number of likely N-dealkylation sites (tertiary alicyclic amines) is 1. The fourth-order valence-corrected chi connectivity index (χ4v) is 4.18. The fourth-order valence-electron chi connectivity index (χ4n) is 4.18. The summed E-state index contributed by atoms with van der Waals surface area (Å²) in [6.07, 6.45) is 2.77. The Bertz CT molecular complexity index is 1090. The van der Waals surface area contributed by atoms with Crippen LogP contribution < -0.4 is 9.47 Å². The summed E-state index contributed by atoms with van der Waals surface area (Å²) >= 11 is 0. The van der Waals surface area contributed by atoms with Crippen LogP contribution in [0.4, 0.5) is 8.78 Å². The molecule has 1 saturated heterocycles. The molecule has 0 N–H and O–H groups in total. The van der Waals surface area contributed by atoms with Gasteiger partial charge in [-0.25, -0.2) is 18.8 Å². The van der Waals surface area contributed by atoms with Crippen LogP contribution >= 0.6 is 12.4 Å². The Morgan fingerprint density at radius 2 is 1.90 bits per heavy atom. The van der Waals surface area contributed by atoms with Gasteiger partial charge < -0.3 is 19.3 Å². The standard InChI is InChI=1S/C21H23F2NO3.C8H17N3.ClH/c1-26-16-10-9-15(19(11-16)27-2)13-24-12-14(5-3-8-20(24)25)17-6-4-7-18(22)21(17)23;1-4-9-8-10-6-5-7-11(2)3;/h4,6-7,9-11,14H,3,5,8,12-13H2,1-2H3;4-7H2,1-3H3;1H. The lowest BCUT2D eigenvalue weighted by molar-refractivity contribution is -0.131. The molecule has 3 rings (SSSR count). The zero-order valence-electron chi connectivity index (χ0n) is 23.6. The summed E-state index contributed by atoms with van der Waals surface area (Å²) in [6.45, 7) is 5.35. The van der Waals surface area contributed by atoms with Crippen LogP contribution in [-0.4, -0.2) is 76.2 Å². The first-order valence-corrected chi connectivity index (χ1v) is 13.0. The maximum absolute atomic E-state index is 14.3. The highest BCUT2D eigenvalue weighted by Gasteiger charge is 2.27. The number of amides is 1. The molecule has 1 amide bonds. The number of halogens is 3. The summed E-state index contributed by atoms with van der Waals surface area (Å²) in [5.41, 5.74) is 1.17. The van der Waals surface area contributed by atoms with E-state index in [9.17, 15) is 13.6 Å². The van der Waals surface area contributed by atoms with Crippen LogP contribution in [0.5, 0.6) is 11.5 Å². The number of ether oxygens (including phenoxy) is 2. The normalized spacial score (nSPS) is 14.8. The van der Waals surface area contributed by atoms with Crippen molar-refractivity contribution in [3.63, 3.8) is 0 Å². The lowest BCUT2D eigenvalue weighted by Crippen LogP contribution is -2.32. The van der Waals surface area contributed by atoms with Crippen molar-refractivity contribution in [3.05, 3.63) is 59.2 Å². The predicted octanol–water partition coefficient (Wildman–Crippen LogP) is 5.83. The highest BCUT2D eigenvalue weighted by molar-refractivity contribution is 5.85. The van der Waals surface area contributed by atoms with E-state index in [-0.39, 0.29) is 24.2 Å². The SMILES string of the molecule is CCN=C=NCCCN(C)C.COc1ccc(CN2CC(c3cccc(F)c3F)CCCC2=O)c(OC)c1.Cl. The van der Waals surface area contributed by atoms with Gasteiger partial charge in [-0.15, -0.1) is 12.4 Å². The van der Waals surface area contributed by atoms with Gasteiger partial charge in [0.15, 0.2) is 11.6 Å². The van der Waals surface area contributed by atoms with Gasteiger partial charge in [0.1, 0.15) is 11.5 Å². The number of methoxy groups -OCH3 is 2. The Balaban J connectivity index is 0.000000541. The molecule has 2 aromatic rings. The van der Waals surface area contributed by atoms with E-state index in [1.165, 1.54) is 6.07 Å². The van der Waals surface area contributed by atoms with Crippen molar-refractivity contribution in [1.29, 1.82) is 0 Å². The second kappa shape index (κ2) is 18.3. The summed E-state index contributed by atoms with van der Waals surface area (Å²) in [5.74, 6) is -0.619. The first-order chi connectivity index (χ1) is 18.3. The smallest absolute Gasteiger partial charge is 0.222 e. The van der Waals surface area contributed by atoms with Crippen molar-refractivity contribution in [2.75, 3.05) is 54.5 Å². The molecule has 0 spiro atoms. The van der Waals surface area contributed by atoms with Crippen LogP contribution in [0.3, 0.4) is 0 Å². The molecule has 0 radical (unpaired) electrons. The van der Waals surface area contributed by atoms with Gasteiger partial charge in [-0.3, -0.25) is 4.79 Å². The Kier molecular flexibility index (Phi) is 16.0. The van der Waals surface area contributed by atoms with Crippen LogP contribution in [0.1, 0.15) is 49.7 Å². The van der Waals surface area contributed by atoms with E-state index in [0.29, 0.717) is 49.4 Å². The molecule has 7 nitrogen and oxygen atoms in total. The molecule has 0 bridgehead atoms. The molecular formula is C29H41ClF2N4O3. The third kappa shape index (κ3) is 11.3. The van der Waals surface area contributed by atoms with Crippen LogP contribution in [0, 0.1) is 11.6 Å². The lowest BCUT2D eigenvalue weighted by atomic mass is 9.93. The van der Waals surface area contributed by atoms with Crippen LogP contribution in [0.15, 0.2) is 46.4 Å². The average Bonchev–Trinajstić information content (AvgIpc) is 3.09. The van der Waals surface area contributed by atoms with E-state index in [4.69, 9.17) is 9.47 Å². The molecule has 1 fully saturated rings. The van der Waals surface area contributed by atoms with Crippen molar-refractivity contribution in [2.24, 2.45) is 9.98 Å². The van der Waals surface area contributed by atoms with Crippen LogP contribution in [-0.2, 0) is 11.3 Å². The van der Waals surface area contributed by atoms with E-state index in [0.717, 1.165) is 37.7 Å². The van der Waals surface area contributed by atoms with Crippen LogP contribution in [0.25, 0.3) is 0 Å². The summed E-state index contributed by atoms with van der Waals surface area (Å²) < 4.78 is 38.5. The molecule has 0 aliphatic carbocycles. The number of rotatable bonds is 10. The van der Waals surface area contributed by atoms with Gasteiger partial charge in [0.25, 0.3) is 0 Å². The summed E-state index contributed by atoms with van der Waals surface area (Å²) in [7, 11) is 7.26. The van der Waals surface area contributed by atoms with E-state index >= 15 is 0 Å². The minimum absolute atomic E-state index is 0. The van der Waals surface area contributed by atoms with E-state index in [1.54, 1.807) is 31.3 Å². The summed E-state index contributed by atoms with van der Waals surface area (Å²) in [4.78, 5) is 24.3. The fraction of sp³-hybridized carbons (Fsp3) is 0.517. The predicted molar refractivity (Wildman–Crippen MR) is 154 cm³/mol. The number of hydrogen-bond acceptors (Lipinski definition) is 6. The third-order valence-electron chi connectivity index (χ3n) is 6.19. The molecule has 1 atom stereocenters. The van der Waals surface area contributed by atoms with Crippen LogP contribution in [0.2, 0.25) is 0 Å². The van der Waals surface area contributed by atoms with Gasteiger partial charge in [0.05, 0.1) is 26.8 Å². The van der Waals surface area contributed by atoms with Gasteiger partial charge in [0, 0.05) is 43.6 Å². The van der Waals surface area contributed by atoms with Gasteiger partial charge in [-0.1, -0.05) is 12.1 Å². The van der Waals surface area contributed by atoms with E-state index < -0.39 is 11.6 Å². The maximum Gasteiger partial charge on any atom is 0.222 e. The maximum atomic E-state index is 14.3. The zero-order chi connectivity index (χ0) is 27.9. The molecule has 1 aliphatic heterocycles. The number of carbonyl (C=O) groups excluding carboxylic acids is 1. The number of aliphatic imine (C=N–C) groups is 2. The minimum Gasteiger partial charge on any atom is -0.497 e. The largest absolute Gasteiger partial charge is 0.497 e. The van der Waals surface area contributed by atoms with Gasteiger partial charge >= 0.3 is 0 Å². The highest BCUT2D eigenvalue weighted by Crippen LogP contribution is 2.32. The first kappa shape index (κ1) is 34.0. The number of hydrogen-bond donors (Lipinski definition) is 0. The van der Waals surface area contributed by atoms with Crippen molar-refractivity contribution in [2.45, 2.75) is 45.1 Å². The molecule has 0 aromatic heterocycles. The molecule has 2 aromatic carbocycles. The van der Waals surface area contributed by atoms with Crippen molar-refractivity contribution in [1.82, 2.24) is 9.80 Å². The molecule has 1 unspecified atom stereocenters.